The quantitative estimate of drug-likeness (QED) is 0.742. The zero-order chi connectivity index (χ0) is 12.1. The van der Waals surface area contributed by atoms with Gasteiger partial charge in [0, 0.05) is 12.1 Å². The molecule has 3 nitrogen and oxygen atoms in total. The number of Topliss-reactive ketones (excluding diaryl/α,β-unsaturated/α-hetero) is 1. The summed E-state index contributed by atoms with van der Waals surface area (Å²) in [5.74, 6) is 0.654. The molecule has 0 fully saturated rings. The molecule has 0 heterocycles. The van der Waals surface area contributed by atoms with E-state index in [1.54, 1.807) is 18.2 Å². The summed E-state index contributed by atoms with van der Waals surface area (Å²) >= 11 is 5.95. The number of hydrogen-bond donors (Lipinski definition) is 0. The van der Waals surface area contributed by atoms with Crippen LogP contribution in [0.4, 0.5) is 0 Å². The van der Waals surface area contributed by atoms with Crippen LogP contribution in [0.15, 0.2) is 18.2 Å². The van der Waals surface area contributed by atoms with Gasteiger partial charge in [-0.3, -0.25) is 4.79 Å². The third kappa shape index (κ3) is 3.83. The third-order valence-electron chi connectivity index (χ3n) is 2.13. The molecule has 0 unspecified atom stereocenters. The average Bonchev–Trinajstić information content (AvgIpc) is 2.16. The normalized spacial score (nSPS) is 10.6. The van der Waals surface area contributed by atoms with Gasteiger partial charge in [0.2, 0.25) is 0 Å². The highest BCUT2D eigenvalue weighted by molar-refractivity contribution is 6.34. The Labute approximate surface area is 101 Å². The fourth-order valence-corrected chi connectivity index (χ4v) is 1.52. The summed E-state index contributed by atoms with van der Waals surface area (Å²) < 4.78 is 5.49. The van der Waals surface area contributed by atoms with Gasteiger partial charge in [0.25, 0.3) is 0 Å². The summed E-state index contributed by atoms with van der Waals surface area (Å²) in [5.41, 5.74) is 0.529. The van der Waals surface area contributed by atoms with Crippen molar-refractivity contribution < 1.29 is 9.53 Å². The van der Waals surface area contributed by atoms with E-state index in [1.807, 2.05) is 19.0 Å². The molecule has 4 heteroatoms. The number of rotatable bonds is 5. The minimum Gasteiger partial charge on any atom is -0.492 e. The van der Waals surface area contributed by atoms with Gasteiger partial charge in [-0.1, -0.05) is 11.6 Å². The summed E-state index contributed by atoms with van der Waals surface area (Å²) in [6.07, 6.45) is 0. The molecule has 1 aromatic rings. The molecule has 0 radical (unpaired) electrons. The van der Waals surface area contributed by atoms with E-state index in [0.717, 1.165) is 6.54 Å². The summed E-state index contributed by atoms with van der Waals surface area (Å²) in [6, 6.07) is 5.13. The van der Waals surface area contributed by atoms with Gasteiger partial charge in [0.15, 0.2) is 5.78 Å². The van der Waals surface area contributed by atoms with E-state index >= 15 is 0 Å². The Bertz CT molecular complexity index is 377. The maximum absolute atomic E-state index is 11.1. The Kier molecular flexibility index (Phi) is 4.77. The summed E-state index contributed by atoms with van der Waals surface area (Å²) in [4.78, 5) is 13.2. The molecule has 0 spiro atoms. The summed E-state index contributed by atoms with van der Waals surface area (Å²) in [6.45, 7) is 2.93. The van der Waals surface area contributed by atoms with Gasteiger partial charge in [-0.05, 0) is 39.2 Å². The first-order chi connectivity index (χ1) is 7.50. The highest BCUT2D eigenvalue weighted by Crippen LogP contribution is 2.22. The van der Waals surface area contributed by atoms with Crippen molar-refractivity contribution >= 4 is 17.4 Å². The lowest BCUT2D eigenvalue weighted by Crippen LogP contribution is -2.19. The Hall–Kier alpha value is -1.06. The lowest BCUT2D eigenvalue weighted by Gasteiger charge is -2.11. The molecule has 0 saturated carbocycles. The third-order valence-corrected chi connectivity index (χ3v) is 2.44. The van der Waals surface area contributed by atoms with Crippen molar-refractivity contribution in [2.45, 2.75) is 6.92 Å². The molecule has 16 heavy (non-hydrogen) atoms. The van der Waals surface area contributed by atoms with E-state index in [0.29, 0.717) is 22.9 Å². The minimum absolute atomic E-state index is 0.0372. The first kappa shape index (κ1) is 13.0. The second kappa shape index (κ2) is 5.87. The topological polar surface area (TPSA) is 29.5 Å². The largest absolute Gasteiger partial charge is 0.492 e. The van der Waals surface area contributed by atoms with Crippen LogP contribution in [0.5, 0.6) is 5.75 Å². The number of ether oxygens (including phenoxy) is 1. The van der Waals surface area contributed by atoms with Crippen LogP contribution in [0, 0.1) is 0 Å². The summed E-state index contributed by atoms with van der Waals surface area (Å²) in [5, 5.41) is 0.440. The molecule has 0 aliphatic heterocycles. The Morgan fingerprint density at radius 2 is 2.12 bits per heavy atom. The Balaban J connectivity index is 2.63. The van der Waals surface area contributed by atoms with Gasteiger partial charge in [-0.2, -0.15) is 0 Å². The van der Waals surface area contributed by atoms with Gasteiger partial charge < -0.3 is 9.64 Å². The molecule has 0 aliphatic carbocycles. The summed E-state index contributed by atoms with van der Waals surface area (Å²) in [7, 11) is 3.96. The van der Waals surface area contributed by atoms with Gasteiger partial charge >= 0.3 is 0 Å². The number of benzene rings is 1. The average molecular weight is 242 g/mol. The minimum atomic E-state index is -0.0372. The zero-order valence-electron chi connectivity index (χ0n) is 9.79. The van der Waals surface area contributed by atoms with Crippen LogP contribution in [-0.4, -0.2) is 37.9 Å². The highest BCUT2D eigenvalue weighted by atomic mass is 35.5. The number of halogens is 1. The molecule has 0 aliphatic rings. The maximum atomic E-state index is 11.1. The van der Waals surface area contributed by atoms with E-state index in [1.165, 1.54) is 6.92 Å². The van der Waals surface area contributed by atoms with Crippen molar-refractivity contribution in [3.63, 3.8) is 0 Å². The van der Waals surface area contributed by atoms with Crippen molar-refractivity contribution in [2.24, 2.45) is 0 Å². The Morgan fingerprint density at radius 1 is 1.44 bits per heavy atom. The number of carbonyl (C=O) groups is 1. The zero-order valence-corrected chi connectivity index (χ0v) is 10.5. The molecule has 1 rings (SSSR count). The van der Waals surface area contributed by atoms with Crippen LogP contribution in [-0.2, 0) is 0 Å². The van der Waals surface area contributed by atoms with E-state index in [4.69, 9.17) is 16.3 Å². The van der Waals surface area contributed by atoms with Crippen LogP contribution in [0.25, 0.3) is 0 Å². The fraction of sp³-hybridized carbons (Fsp3) is 0.417. The van der Waals surface area contributed by atoms with E-state index in [2.05, 4.69) is 0 Å². The molecule has 0 saturated heterocycles. The standard InChI is InChI=1S/C12H16ClNO2/c1-9(15)11-5-4-10(8-12(11)13)16-7-6-14(2)3/h4-5,8H,6-7H2,1-3H3. The number of nitrogens with zero attached hydrogens (tertiary/aromatic N) is 1. The SMILES string of the molecule is CC(=O)c1ccc(OCCN(C)C)cc1Cl. The lowest BCUT2D eigenvalue weighted by molar-refractivity contribution is 0.101. The molecule has 88 valence electrons. The molecular formula is C12H16ClNO2. The van der Waals surface area contributed by atoms with Crippen LogP contribution in [0.1, 0.15) is 17.3 Å². The second-order valence-corrected chi connectivity index (χ2v) is 4.26. The van der Waals surface area contributed by atoms with Crippen LogP contribution in [0.3, 0.4) is 0 Å². The second-order valence-electron chi connectivity index (χ2n) is 3.85. The smallest absolute Gasteiger partial charge is 0.161 e. The molecule has 0 amide bonds. The fourth-order valence-electron chi connectivity index (χ4n) is 1.22. The molecule has 0 atom stereocenters. The predicted octanol–water partition coefficient (Wildman–Crippen LogP) is 2.48. The van der Waals surface area contributed by atoms with Crippen LogP contribution >= 0.6 is 11.6 Å². The van der Waals surface area contributed by atoms with Crippen molar-refractivity contribution in [2.75, 3.05) is 27.2 Å². The maximum Gasteiger partial charge on any atom is 0.161 e. The number of carbonyl (C=O) groups excluding carboxylic acids is 1. The molecule has 0 N–H and O–H groups in total. The Morgan fingerprint density at radius 3 is 2.62 bits per heavy atom. The number of ketones is 1. The van der Waals surface area contributed by atoms with E-state index in [9.17, 15) is 4.79 Å². The van der Waals surface area contributed by atoms with Crippen molar-refractivity contribution in [1.29, 1.82) is 0 Å². The first-order valence-electron chi connectivity index (χ1n) is 5.08. The molecule has 0 aromatic heterocycles. The van der Waals surface area contributed by atoms with E-state index in [-0.39, 0.29) is 5.78 Å². The molecule has 1 aromatic carbocycles. The monoisotopic (exact) mass is 241 g/mol. The van der Waals surface area contributed by atoms with Gasteiger partial charge in [0.1, 0.15) is 12.4 Å². The van der Waals surface area contributed by atoms with Gasteiger partial charge in [0.05, 0.1) is 5.02 Å². The van der Waals surface area contributed by atoms with Crippen LogP contribution in [0.2, 0.25) is 5.02 Å². The van der Waals surface area contributed by atoms with Gasteiger partial charge in [-0.15, -0.1) is 0 Å². The predicted molar refractivity (Wildman–Crippen MR) is 65.5 cm³/mol. The molecular weight excluding hydrogens is 226 g/mol. The first-order valence-corrected chi connectivity index (χ1v) is 5.46. The van der Waals surface area contributed by atoms with Crippen LogP contribution < -0.4 is 4.74 Å². The number of hydrogen-bond acceptors (Lipinski definition) is 3. The van der Waals surface area contributed by atoms with Gasteiger partial charge in [-0.25, -0.2) is 0 Å². The molecule has 0 bridgehead atoms. The van der Waals surface area contributed by atoms with Crippen molar-refractivity contribution in [1.82, 2.24) is 4.90 Å². The van der Waals surface area contributed by atoms with E-state index < -0.39 is 0 Å². The lowest BCUT2D eigenvalue weighted by atomic mass is 10.1. The van der Waals surface area contributed by atoms with Crippen molar-refractivity contribution in [3.05, 3.63) is 28.8 Å². The highest BCUT2D eigenvalue weighted by Gasteiger charge is 2.06. The number of likely N-dealkylation sites (N-methyl/N-ethyl adjacent to an activating group) is 1. The van der Waals surface area contributed by atoms with Crippen molar-refractivity contribution in [3.8, 4) is 5.75 Å².